The summed E-state index contributed by atoms with van der Waals surface area (Å²) in [5, 5.41) is 5.29. The molecule has 2 aromatic rings. The van der Waals surface area contributed by atoms with Crippen LogP contribution in [0.3, 0.4) is 0 Å². The number of aromatic nitrogens is 2. The molecule has 1 aromatic heterocycles. The summed E-state index contributed by atoms with van der Waals surface area (Å²) in [7, 11) is 0. The Bertz CT molecular complexity index is 670. The summed E-state index contributed by atoms with van der Waals surface area (Å²) < 4.78 is 6.79. The van der Waals surface area contributed by atoms with Crippen molar-refractivity contribution in [2.45, 2.75) is 19.9 Å². The predicted octanol–water partition coefficient (Wildman–Crippen LogP) is 4.25. The van der Waals surface area contributed by atoms with Crippen molar-refractivity contribution in [3.05, 3.63) is 45.6 Å². The molecule has 1 heterocycles. The highest BCUT2D eigenvalue weighted by Crippen LogP contribution is 2.29. The van der Waals surface area contributed by atoms with Crippen LogP contribution in [-0.4, -0.2) is 21.6 Å². The van der Waals surface area contributed by atoms with Crippen LogP contribution >= 0.6 is 34.8 Å². The number of benzene rings is 1. The van der Waals surface area contributed by atoms with E-state index in [0.717, 1.165) is 11.3 Å². The summed E-state index contributed by atoms with van der Waals surface area (Å²) in [6, 6.07) is 6.84. The molecule has 0 aliphatic carbocycles. The minimum Gasteiger partial charge on any atom is -0.407 e. The van der Waals surface area contributed by atoms with Crippen molar-refractivity contribution in [3.8, 4) is 5.88 Å². The van der Waals surface area contributed by atoms with Gasteiger partial charge in [-0.1, -0.05) is 29.3 Å². The highest BCUT2D eigenvalue weighted by molar-refractivity contribution is 6.42. The van der Waals surface area contributed by atoms with E-state index in [1.807, 2.05) is 19.9 Å². The van der Waals surface area contributed by atoms with Crippen molar-refractivity contribution in [1.29, 1.82) is 0 Å². The number of ether oxygens (including phenoxy) is 1. The number of hydrogen-bond acceptors (Lipinski definition) is 3. The fourth-order valence-electron chi connectivity index (χ4n) is 1.90. The first-order chi connectivity index (χ1) is 9.92. The topological polar surface area (TPSA) is 44.1 Å². The van der Waals surface area contributed by atoms with Gasteiger partial charge in [0.2, 0.25) is 5.88 Å². The lowest BCUT2D eigenvalue weighted by molar-refractivity contribution is -0.132. The zero-order valence-corrected chi connectivity index (χ0v) is 13.7. The van der Waals surface area contributed by atoms with Crippen LogP contribution in [0.5, 0.6) is 5.88 Å². The van der Waals surface area contributed by atoms with Crippen molar-refractivity contribution in [2.75, 3.05) is 5.88 Å². The predicted molar refractivity (Wildman–Crippen MR) is 83.6 cm³/mol. The number of hydrogen-bond donors (Lipinski definition) is 0. The molecule has 0 aliphatic rings. The van der Waals surface area contributed by atoms with E-state index in [1.165, 1.54) is 0 Å². The molecule has 2 rings (SSSR count). The maximum Gasteiger partial charge on any atom is 0.327 e. The van der Waals surface area contributed by atoms with Crippen molar-refractivity contribution in [3.63, 3.8) is 0 Å². The number of halogens is 3. The Labute approximate surface area is 137 Å². The largest absolute Gasteiger partial charge is 0.407 e. The van der Waals surface area contributed by atoms with Crippen LogP contribution in [0.2, 0.25) is 10.0 Å². The van der Waals surface area contributed by atoms with Gasteiger partial charge < -0.3 is 4.74 Å². The van der Waals surface area contributed by atoms with Crippen LogP contribution in [0.25, 0.3) is 0 Å². The van der Waals surface area contributed by atoms with Gasteiger partial charge in [-0.3, -0.25) is 4.79 Å². The number of carbonyl (C=O) groups is 1. The van der Waals surface area contributed by atoms with Gasteiger partial charge in [-0.2, -0.15) is 5.10 Å². The Hall–Kier alpha value is -1.23. The summed E-state index contributed by atoms with van der Waals surface area (Å²) in [6.45, 7) is 3.74. The first kappa shape index (κ1) is 16.1. The minimum absolute atomic E-state index is 0.174. The summed E-state index contributed by atoms with van der Waals surface area (Å²) in [6.07, 6.45) is 0. The zero-order chi connectivity index (χ0) is 15.6. The highest BCUT2D eigenvalue weighted by atomic mass is 35.5. The summed E-state index contributed by atoms with van der Waals surface area (Å²) in [4.78, 5) is 11.4. The SMILES string of the molecule is Cc1cc(OC(=O)CCl)n(C(C)c2ccc(Cl)c(Cl)c2)n1. The molecule has 0 bridgehead atoms. The molecule has 112 valence electrons. The van der Waals surface area contributed by atoms with E-state index < -0.39 is 5.97 Å². The van der Waals surface area contributed by atoms with Gasteiger partial charge in [-0.05, 0) is 31.5 Å². The van der Waals surface area contributed by atoms with E-state index in [-0.39, 0.29) is 11.9 Å². The summed E-state index contributed by atoms with van der Waals surface area (Å²) in [5.41, 5.74) is 1.63. The smallest absolute Gasteiger partial charge is 0.327 e. The Morgan fingerprint density at radius 1 is 1.33 bits per heavy atom. The Morgan fingerprint density at radius 2 is 2.05 bits per heavy atom. The molecule has 0 saturated carbocycles. The Kier molecular flexibility index (Phi) is 5.14. The minimum atomic E-state index is -0.529. The third kappa shape index (κ3) is 3.70. The fourth-order valence-corrected chi connectivity index (χ4v) is 2.27. The Balaban J connectivity index is 2.36. The molecule has 7 heteroatoms. The van der Waals surface area contributed by atoms with Crippen LogP contribution < -0.4 is 4.74 Å². The molecule has 0 radical (unpaired) electrons. The van der Waals surface area contributed by atoms with E-state index in [9.17, 15) is 4.79 Å². The monoisotopic (exact) mass is 346 g/mol. The van der Waals surface area contributed by atoms with Gasteiger partial charge in [0.05, 0.1) is 21.8 Å². The number of aryl methyl sites for hydroxylation is 1. The van der Waals surface area contributed by atoms with Crippen molar-refractivity contribution >= 4 is 40.8 Å². The molecule has 0 N–H and O–H groups in total. The normalized spacial score (nSPS) is 12.2. The molecule has 0 amide bonds. The van der Waals surface area contributed by atoms with E-state index in [1.54, 1.807) is 22.9 Å². The quantitative estimate of drug-likeness (QED) is 0.613. The highest BCUT2D eigenvalue weighted by Gasteiger charge is 2.18. The maximum absolute atomic E-state index is 11.4. The first-order valence-corrected chi connectivity index (χ1v) is 7.49. The second-order valence-electron chi connectivity index (χ2n) is 4.53. The van der Waals surface area contributed by atoms with E-state index in [2.05, 4.69) is 5.10 Å². The van der Waals surface area contributed by atoms with Crippen molar-refractivity contribution in [1.82, 2.24) is 9.78 Å². The van der Waals surface area contributed by atoms with E-state index >= 15 is 0 Å². The number of esters is 1. The molecule has 1 atom stereocenters. The van der Waals surface area contributed by atoms with Gasteiger partial charge >= 0.3 is 5.97 Å². The van der Waals surface area contributed by atoms with Crippen LogP contribution in [0.1, 0.15) is 24.2 Å². The number of carbonyl (C=O) groups excluding carboxylic acids is 1. The van der Waals surface area contributed by atoms with Crippen LogP contribution in [0, 0.1) is 6.92 Å². The Morgan fingerprint density at radius 3 is 2.67 bits per heavy atom. The molecule has 4 nitrogen and oxygen atoms in total. The third-order valence-corrected chi connectivity index (χ3v) is 3.90. The van der Waals surface area contributed by atoms with Crippen LogP contribution in [0.15, 0.2) is 24.3 Å². The lowest BCUT2D eigenvalue weighted by atomic mass is 10.1. The summed E-state index contributed by atoms with van der Waals surface area (Å²) in [5.74, 6) is -0.401. The second kappa shape index (κ2) is 6.69. The fraction of sp³-hybridized carbons (Fsp3) is 0.286. The van der Waals surface area contributed by atoms with Crippen molar-refractivity contribution in [2.24, 2.45) is 0 Å². The molecule has 1 aromatic carbocycles. The lowest BCUT2D eigenvalue weighted by Gasteiger charge is -2.16. The maximum atomic E-state index is 11.4. The van der Waals surface area contributed by atoms with Gasteiger partial charge in [0.15, 0.2) is 0 Å². The first-order valence-electron chi connectivity index (χ1n) is 6.20. The molecule has 0 saturated heterocycles. The van der Waals surface area contributed by atoms with Crippen LogP contribution in [-0.2, 0) is 4.79 Å². The molecular weight excluding hydrogens is 335 g/mol. The summed E-state index contributed by atoms with van der Waals surface area (Å²) >= 11 is 17.4. The van der Waals surface area contributed by atoms with Gasteiger partial charge in [0.25, 0.3) is 0 Å². The molecule has 0 fully saturated rings. The number of nitrogens with zero attached hydrogens (tertiary/aromatic N) is 2. The second-order valence-corrected chi connectivity index (χ2v) is 5.61. The van der Waals surface area contributed by atoms with Crippen molar-refractivity contribution < 1.29 is 9.53 Å². The number of rotatable bonds is 4. The molecule has 1 unspecified atom stereocenters. The average molecular weight is 348 g/mol. The average Bonchev–Trinajstić information content (AvgIpc) is 2.81. The van der Waals surface area contributed by atoms with Crippen LogP contribution in [0.4, 0.5) is 0 Å². The molecular formula is C14H13Cl3N2O2. The lowest BCUT2D eigenvalue weighted by Crippen LogP contribution is -2.16. The van der Waals surface area contributed by atoms with Gasteiger partial charge in [-0.15, -0.1) is 11.6 Å². The molecule has 21 heavy (non-hydrogen) atoms. The van der Waals surface area contributed by atoms with Gasteiger partial charge in [0, 0.05) is 6.07 Å². The standard InChI is InChI=1S/C14H13Cl3N2O2/c1-8-5-13(21-14(20)7-15)19(18-8)9(2)10-3-4-11(16)12(17)6-10/h3-6,9H,7H2,1-2H3. The van der Waals surface area contributed by atoms with E-state index in [4.69, 9.17) is 39.5 Å². The molecule has 0 spiro atoms. The van der Waals surface area contributed by atoms with Gasteiger partial charge in [0.1, 0.15) is 5.88 Å². The van der Waals surface area contributed by atoms with E-state index in [0.29, 0.717) is 15.9 Å². The zero-order valence-electron chi connectivity index (χ0n) is 11.4. The number of alkyl halides is 1. The molecule has 0 aliphatic heterocycles. The van der Waals surface area contributed by atoms with Gasteiger partial charge in [-0.25, -0.2) is 4.68 Å². The third-order valence-electron chi connectivity index (χ3n) is 2.94.